The highest BCUT2D eigenvalue weighted by Crippen LogP contribution is 2.23. The van der Waals surface area contributed by atoms with Crippen molar-refractivity contribution in [1.29, 1.82) is 5.26 Å². The molecule has 1 heterocycles. The van der Waals surface area contributed by atoms with E-state index in [2.05, 4.69) is 5.10 Å². The van der Waals surface area contributed by atoms with Crippen molar-refractivity contribution in [2.45, 2.75) is 20.1 Å². The third-order valence-electron chi connectivity index (χ3n) is 4.00. The van der Waals surface area contributed by atoms with E-state index in [0.717, 1.165) is 5.56 Å². The summed E-state index contributed by atoms with van der Waals surface area (Å²) < 4.78 is 20.8. The summed E-state index contributed by atoms with van der Waals surface area (Å²) in [6.45, 7) is 1.76. The summed E-state index contributed by atoms with van der Waals surface area (Å²) in [6.07, 6.45) is 0. The quantitative estimate of drug-likeness (QED) is 0.617. The first-order chi connectivity index (χ1) is 13.0. The molecule has 0 saturated heterocycles. The molecule has 2 aromatic carbocycles. The molecule has 0 aliphatic carbocycles. The Morgan fingerprint density at radius 3 is 2.70 bits per heavy atom. The number of hydrogen-bond acceptors (Lipinski definition) is 4. The monoisotopic (exact) mass is 383 g/mol. The van der Waals surface area contributed by atoms with Gasteiger partial charge in [-0.1, -0.05) is 54.1 Å². The molecule has 0 unspecified atom stereocenters. The fourth-order valence-electron chi connectivity index (χ4n) is 2.64. The van der Waals surface area contributed by atoms with Gasteiger partial charge < -0.3 is 4.74 Å². The van der Waals surface area contributed by atoms with E-state index >= 15 is 0 Å². The molecule has 5 nitrogen and oxygen atoms in total. The molecular formula is C20H15ClFN3O2. The van der Waals surface area contributed by atoms with Crippen molar-refractivity contribution >= 4 is 17.6 Å². The van der Waals surface area contributed by atoms with Gasteiger partial charge in [0.15, 0.2) is 0 Å². The molecule has 0 radical (unpaired) electrons. The predicted octanol–water partition coefficient (Wildman–Crippen LogP) is 4.26. The molecule has 0 amide bonds. The lowest BCUT2D eigenvalue weighted by molar-refractivity contribution is 0.0468. The van der Waals surface area contributed by atoms with E-state index < -0.39 is 11.8 Å². The van der Waals surface area contributed by atoms with Gasteiger partial charge in [0.25, 0.3) is 0 Å². The normalized spacial score (nSPS) is 10.4. The van der Waals surface area contributed by atoms with E-state index in [-0.39, 0.29) is 28.5 Å². The van der Waals surface area contributed by atoms with Crippen LogP contribution >= 0.6 is 11.6 Å². The zero-order valence-corrected chi connectivity index (χ0v) is 15.2. The predicted molar refractivity (Wildman–Crippen MR) is 97.8 cm³/mol. The molecular weight excluding hydrogens is 369 g/mol. The van der Waals surface area contributed by atoms with Gasteiger partial charge in [0.2, 0.25) is 0 Å². The summed E-state index contributed by atoms with van der Waals surface area (Å²) in [5.74, 6) is -1.39. The number of nitriles is 1. The Morgan fingerprint density at radius 2 is 2.00 bits per heavy atom. The molecule has 136 valence electrons. The van der Waals surface area contributed by atoms with Gasteiger partial charge in [0.1, 0.15) is 29.2 Å². The number of ether oxygens (including phenoxy) is 1. The smallest absolute Gasteiger partial charge is 0.343 e. The van der Waals surface area contributed by atoms with Crippen LogP contribution < -0.4 is 0 Å². The molecule has 0 N–H and O–H groups in total. The summed E-state index contributed by atoms with van der Waals surface area (Å²) in [5, 5.41) is 13.3. The minimum absolute atomic E-state index is 0.103. The fraction of sp³-hybridized carbons (Fsp3) is 0.150. The van der Waals surface area contributed by atoms with Crippen LogP contribution in [-0.2, 0) is 17.9 Å². The van der Waals surface area contributed by atoms with Crippen molar-refractivity contribution in [1.82, 2.24) is 9.78 Å². The van der Waals surface area contributed by atoms with Crippen LogP contribution in [0.2, 0.25) is 5.15 Å². The van der Waals surface area contributed by atoms with Crippen molar-refractivity contribution in [3.63, 3.8) is 0 Å². The number of aromatic nitrogens is 2. The van der Waals surface area contributed by atoms with Crippen LogP contribution in [0.15, 0.2) is 48.5 Å². The largest absolute Gasteiger partial charge is 0.457 e. The minimum Gasteiger partial charge on any atom is -0.457 e. The Hall–Kier alpha value is -3.17. The van der Waals surface area contributed by atoms with E-state index in [0.29, 0.717) is 12.2 Å². The highest BCUT2D eigenvalue weighted by atomic mass is 35.5. The average molecular weight is 384 g/mol. The van der Waals surface area contributed by atoms with Crippen LogP contribution in [0, 0.1) is 24.1 Å². The van der Waals surface area contributed by atoms with Crippen LogP contribution in [0.25, 0.3) is 0 Å². The lowest BCUT2D eigenvalue weighted by Gasteiger charge is -2.07. The van der Waals surface area contributed by atoms with Gasteiger partial charge in [-0.05, 0) is 18.6 Å². The topological polar surface area (TPSA) is 67.9 Å². The summed E-state index contributed by atoms with van der Waals surface area (Å²) in [5.41, 5.74) is 1.56. The van der Waals surface area contributed by atoms with Crippen LogP contribution in [0.1, 0.15) is 32.7 Å². The van der Waals surface area contributed by atoms with Crippen molar-refractivity contribution in [2.75, 3.05) is 0 Å². The number of carbonyl (C=O) groups is 1. The average Bonchev–Trinajstić information content (AvgIpc) is 2.95. The van der Waals surface area contributed by atoms with Crippen molar-refractivity contribution in [3.8, 4) is 6.07 Å². The van der Waals surface area contributed by atoms with Gasteiger partial charge >= 0.3 is 5.97 Å². The van der Waals surface area contributed by atoms with E-state index in [1.807, 2.05) is 30.3 Å². The molecule has 0 spiro atoms. The van der Waals surface area contributed by atoms with Gasteiger partial charge in [0, 0.05) is 5.56 Å². The third-order valence-corrected chi connectivity index (χ3v) is 4.39. The standard InChI is InChI=1S/C20H15ClFN3O2/c1-13-17(19(21)25(24-13)11-14-6-3-2-4-7-14)20(26)27-12-16-9-5-8-15(10-23)18(16)22/h2-9H,11-12H2,1H3. The molecule has 3 aromatic rings. The second kappa shape index (κ2) is 8.02. The fourth-order valence-corrected chi connectivity index (χ4v) is 2.95. The first-order valence-electron chi connectivity index (χ1n) is 8.12. The number of hydrogen-bond donors (Lipinski definition) is 0. The second-order valence-corrected chi connectivity index (χ2v) is 6.22. The number of carbonyl (C=O) groups excluding carboxylic acids is 1. The van der Waals surface area contributed by atoms with E-state index in [4.69, 9.17) is 21.6 Å². The van der Waals surface area contributed by atoms with Crippen molar-refractivity contribution in [3.05, 3.63) is 87.4 Å². The molecule has 0 bridgehead atoms. The van der Waals surface area contributed by atoms with Gasteiger partial charge in [-0.25, -0.2) is 13.9 Å². The Kier molecular flexibility index (Phi) is 5.53. The van der Waals surface area contributed by atoms with Gasteiger partial charge in [0.05, 0.1) is 17.8 Å². The molecule has 0 saturated carbocycles. The maximum absolute atomic E-state index is 14.1. The summed E-state index contributed by atoms with van der Waals surface area (Å²) in [4.78, 5) is 12.4. The van der Waals surface area contributed by atoms with E-state index in [1.165, 1.54) is 22.9 Å². The lowest BCUT2D eigenvalue weighted by atomic mass is 10.1. The Balaban J connectivity index is 1.77. The number of halogens is 2. The first kappa shape index (κ1) is 18.6. The number of rotatable bonds is 5. The number of nitrogens with zero attached hydrogens (tertiary/aromatic N) is 3. The van der Waals surface area contributed by atoms with Gasteiger partial charge in [-0.15, -0.1) is 0 Å². The maximum Gasteiger partial charge on any atom is 0.343 e. The van der Waals surface area contributed by atoms with E-state index in [1.54, 1.807) is 13.0 Å². The number of benzene rings is 2. The number of aryl methyl sites for hydroxylation is 1. The van der Waals surface area contributed by atoms with Crippen molar-refractivity contribution < 1.29 is 13.9 Å². The first-order valence-corrected chi connectivity index (χ1v) is 8.50. The minimum atomic E-state index is -0.699. The zero-order valence-electron chi connectivity index (χ0n) is 14.4. The molecule has 1 aromatic heterocycles. The van der Waals surface area contributed by atoms with Crippen LogP contribution in [0.4, 0.5) is 4.39 Å². The molecule has 7 heteroatoms. The molecule has 0 aliphatic rings. The summed E-state index contributed by atoms with van der Waals surface area (Å²) >= 11 is 6.32. The summed E-state index contributed by atoms with van der Waals surface area (Å²) in [6, 6.07) is 15.7. The Labute approximate surface area is 160 Å². The lowest BCUT2D eigenvalue weighted by Crippen LogP contribution is -2.08. The van der Waals surface area contributed by atoms with Crippen molar-refractivity contribution in [2.24, 2.45) is 0 Å². The van der Waals surface area contributed by atoms with E-state index in [9.17, 15) is 9.18 Å². The molecule has 0 atom stereocenters. The molecule has 3 rings (SSSR count). The second-order valence-electron chi connectivity index (χ2n) is 5.86. The highest BCUT2D eigenvalue weighted by molar-refractivity contribution is 6.32. The van der Waals surface area contributed by atoms with Crippen LogP contribution in [0.3, 0.4) is 0 Å². The third kappa shape index (κ3) is 3.99. The molecule has 27 heavy (non-hydrogen) atoms. The Bertz CT molecular complexity index is 1030. The highest BCUT2D eigenvalue weighted by Gasteiger charge is 2.22. The molecule has 0 fully saturated rings. The van der Waals surface area contributed by atoms with Crippen LogP contribution in [-0.4, -0.2) is 15.7 Å². The number of esters is 1. The maximum atomic E-state index is 14.1. The van der Waals surface area contributed by atoms with Crippen LogP contribution in [0.5, 0.6) is 0 Å². The SMILES string of the molecule is Cc1nn(Cc2ccccc2)c(Cl)c1C(=O)OCc1cccc(C#N)c1F. The summed E-state index contributed by atoms with van der Waals surface area (Å²) in [7, 11) is 0. The zero-order chi connectivity index (χ0) is 19.4. The van der Waals surface area contributed by atoms with Gasteiger partial charge in [-0.2, -0.15) is 10.4 Å². The molecule has 0 aliphatic heterocycles. The Morgan fingerprint density at radius 1 is 1.26 bits per heavy atom. The van der Waals surface area contributed by atoms with Gasteiger partial charge in [-0.3, -0.25) is 0 Å².